The maximum atomic E-state index is 12.8. The molecule has 0 radical (unpaired) electrons. The van der Waals surface area contributed by atoms with Gasteiger partial charge in [0.1, 0.15) is 5.75 Å². The molecule has 2 aromatic carbocycles. The fourth-order valence-electron chi connectivity index (χ4n) is 3.68. The molecule has 1 aromatic heterocycles. The van der Waals surface area contributed by atoms with E-state index >= 15 is 0 Å². The quantitative estimate of drug-likeness (QED) is 0.485. The van der Waals surface area contributed by atoms with E-state index in [-0.39, 0.29) is 6.01 Å². The first-order chi connectivity index (χ1) is 16.5. The third-order valence-electron chi connectivity index (χ3n) is 5.54. The summed E-state index contributed by atoms with van der Waals surface area (Å²) >= 11 is 0. The van der Waals surface area contributed by atoms with Crippen LogP contribution in [0.3, 0.4) is 0 Å². The van der Waals surface area contributed by atoms with Gasteiger partial charge in [-0.2, -0.15) is 14.3 Å². The summed E-state index contributed by atoms with van der Waals surface area (Å²) in [6.45, 7) is 1.62. The highest BCUT2D eigenvalue weighted by atomic mass is 32.2. The van der Waals surface area contributed by atoms with Crippen molar-refractivity contribution < 1.29 is 22.6 Å². The van der Waals surface area contributed by atoms with Crippen molar-refractivity contribution in [2.75, 3.05) is 32.6 Å². The standard InChI is InChI=1S/C24H28N4O5S/c1-31-22-16-23(32-2)27-24(26-22)33-21-9-5-4-8-18(21)17-25-19-10-12-20(13-11-19)34(29,30)28-14-6-3-7-15-28/h4-5,8-13,16,25H,3,6-7,14-15,17H2,1-2H3. The van der Waals surface area contributed by atoms with Gasteiger partial charge in [0.15, 0.2) is 0 Å². The fourth-order valence-corrected chi connectivity index (χ4v) is 5.20. The highest BCUT2D eigenvalue weighted by Gasteiger charge is 2.25. The van der Waals surface area contributed by atoms with Crippen molar-refractivity contribution in [1.82, 2.24) is 14.3 Å². The van der Waals surface area contributed by atoms with Gasteiger partial charge in [-0.3, -0.25) is 0 Å². The summed E-state index contributed by atoms with van der Waals surface area (Å²) in [4.78, 5) is 8.73. The summed E-state index contributed by atoms with van der Waals surface area (Å²) < 4.78 is 43.5. The summed E-state index contributed by atoms with van der Waals surface area (Å²) in [5.74, 6) is 1.24. The fraction of sp³-hybridized carbons (Fsp3) is 0.333. The van der Waals surface area contributed by atoms with Gasteiger partial charge in [0.05, 0.1) is 25.2 Å². The Labute approximate surface area is 199 Å². The minimum atomic E-state index is -3.45. The summed E-state index contributed by atoms with van der Waals surface area (Å²) in [6.07, 6.45) is 2.90. The van der Waals surface area contributed by atoms with E-state index in [1.165, 1.54) is 14.2 Å². The molecule has 0 aliphatic carbocycles. The van der Waals surface area contributed by atoms with Gasteiger partial charge in [0.25, 0.3) is 0 Å². The number of benzene rings is 2. The molecule has 4 rings (SSSR count). The van der Waals surface area contributed by atoms with Gasteiger partial charge in [-0.05, 0) is 43.2 Å². The third-order valence-corrected chi connectivity index (χ3v) is 7.45. The Balaban J connectivity index is 1.45. The monoisotopic (exact) mass is 484 g/mol. The SMILES string of the molecule is COc1cc(OC)nc(Oc2ccccc2CNc2ccc(S(=O)(=O)N3CCCCC3)cc2)n1. The molecule has 1 aliphatic heterocycles. The molecule has 1 aliphatic rings. The second-order valence-corrected chi connectivity index (χ2v) is 9.73. The van der Waals surface area contributed by atoms with Crippen LogP contribution in [0.2, 0.25) is 0 Å². The largest absolute Gasteiger partial charge is 0.481 e. The zero-order chi connectivity index (χ0) is 24.0. The lowest BCUT2D eigenvalue weighted by Gasteiger charge is -2.25. The third kappa shape index (κ3) is 5.57. The van der Waals surface area contributed by atoms with Crippen LogP contribution in [0.1, 0.15) is 24.8 Å². The van der Waals surface area contributed by atoms with Gasteiger partial charge in [-0.25, -0.2) is 8.42 Å². The average molecular weight is 485 g/mol. The van der Waals surface area contributed by atoms with Crippen molar-refractivity contribution >= 4 is 15.7 Å². The highest BCUT2D eigenvalue weighted by molar-refractivity contribution is 7.89. The molecule has 1 N–H and O–H groups in total. The number of nitrogens with zero attached hydrogens (tertiary/aromatic N) is 3. The van der Waals surface area contributed by atoms with Crippen molar-refractivity contribution in [3.05, 3.63) is 60.2 Å². The first-order valence-corrected chi connectivity index (χ1v) is 12.5. The van der Waals surface area contributed by atoms with Crippen LogP contribution in [0.25, 0.3) is 0 Å². The van der Waals surface area contributed by atoms with E-state index in [1.807, 2.05) is 24.3 Å². The number of aromatic nitrogens is 2. The number of ether oxygens (including phenoxy) is 3. The number of anilines is 1. The molecule has 0 bridgehead atoms. The Kier molecular flexibility index (Phi) is 7.49. The van der Waals surface area contributed by atoms with Crippen LogP contribution in [-0.4, -0.2) is 50.0 Å². The number of hydrogen-bond donors (Lipinski definition) is 1. The molecule has 2 heterocycles. The number of para-hydroxylation sites is 1. The van der Waals surface area contributed by atoms with E-state index in [2.05, 4.69) is 15.3 Å². The number of nitrogens with one attached hydrogen (secondary N) is 1. The number of hydrogen-bond acceptors (Lipinski definition) is 8. The summed E-state index contributed by atoms with van der Waals surface area (Å²) in [6, 6.07) is 16.0. The van der Waals surface area contributed by atoms with Crippen LogP contribution in [-0.2, 0) is 16.6 Å². The first kappa shape index (κ1) is 23.8. The first-order valence-electron chi connectivity index (χ1n) is 11.1. The van der Waals surface area contributed by atoms with Crippen LogP contribution in [0.5, 0.6) is 23.5 Å². The maximum absolute atomic E-state index is 12.8. The number of sulfonamides is 1. The Morgan fingerprint density at radius 1 is 0.912 bits per heavy atom. The van der Waals surface area contributed by atoms with Crippen molar-refractivity contribution in [2.24, 2.45) is 0 Å². The molecule has 0 atom stereocenters. The molecular weight excluding hydrogens is 456 g/mol. The lowest BCUT2D eigenvalue weighted by atomic mass is 10.2. The maximum Gasteiger partial charge on any atom is 0.328 e. The minimum Gasteiger partial charge on any atom is -0.481 e. The minimum absolute atomic E-state index is 0.107. The van der Waals surface area contributed by atoms with Crippen LogP contribution in [0.4, 0.5) is 5.69 Å². The van der Waals surface area contributed by atoms with E-state index in [0.717, 1.165) is 30.5 Å². The molecule has 0 amide bonds. The zero-order valence-electron chi connectivity index (χ0n) is 19.2. The van der Waals surface area contributed by atoms with Crippen LogP contribution in [0.15, 0.2) is 59.5 Å². The van der Waals surface area contributed by atoms with Gasteiger partial charge in [0.2, 0.25) is 21.8 Å². The molecule has 34 heavy (non-hydrogen) atoms. The summed E-state index contributed by atoms with van der Waals surface area (Å²) in [5.41, 5.74) is 1.67. The molecule has 3 aromatic rings. The summed E-state index contributed by atoms with van der Waals surface area (Å²) in [7, 11) is -0.435. The zero-order valence-corrected chi connectivity index (χ0v) is 20.0. The van der Waals surface area contributed by atoms with Crippen LogP contribution in [0, 0.1) is 0 Å². The normalized spacial score (nSPS) is 14.4. The molecule has 1 fully saturated rings. The van der Waals surface area contributed by atoms with E-state index in [0.29, 0.717) is 42.0 Å². The van der Waals surface area contributed by atoms with Crippen molar-refractivity contribution in [2.45, 2.75) is 30.7 Å². The van der Waals surface area contributed by atoms with Crippen molar-refractivity contribution in [1.29, 1.82) is 0 Å². The number of rotatable bonds is 9. The number of methoxy groups -OCH3 is 2. The predicted octanol–water partition coefficient (Wildman–Crippen LogP) is 4.07. The lowest BCUT2D eigenvalue weighted by molar-refractivity contribution is 0.346. The van der Waals surface area contributed by atoms with Gasteiger partial charge in [0, 0.05) is 30.9 Å². The predicted molar refractivity (Wildman–Crippen MR) is 128 cm³/mol. The summed E-state index contributed by atoms with van der Waals surface area (Å²) in [5, 5.41) is 3.31. The Bertz CT molecular complexity index is 1190. The second kappa shape index (κ2) is 10.7. The van der Waals surface area contributed by atoms with Gasteiger partial charge < -0.3 is 19.5 Å². The molecule has 0 unspecified atom stereocenters. The lowest BCUT2D eigenvalue weighted by Crippen LogP contribution is -2.35. The molecule has 180 valence electrons. The Hall–Kier alpha value is -3.37. The molecule has 0 saturated carbocycles. The topological polar surface area (TPSA) is 103 Å². The van der Waals surface area contributed by atoms with E-state index < -0.39 is 10.0 Å². The van der Waals surface area contributed by atoms with Crippen molar-refractivity contribution in [3.8, 4) is 23.5 Å². The number of piperidine rings is 1. The van der Waals surface area contributed by atoms with Crippen molar-refractivity contribution in [3.63, 3.8) is 0 Å². The molecule has 10 heteroatoms. The van der Waals surface area contributed by atoms with E-state index in [9.17, 15) is 8.42 Å². The highest BCUT2D eigenvalue weighted by Crippen LogP contribution is 2.27. The van der Waals surface area contributed by atoms with Gasteiger partial charge >= 0.3 is 6.01 Å². The van der Waals surface area contributed by atoms with Crippen LogP contribution < -0.4 is 19.5 Å². The molecule has 9 nitrogen and oxygen atoms in total. The van der Waals surface area contributed by atoms with E-state index in [1.54, 1.807) is 34.6 Å². The second-order valence-electron chi connectivity index (χ2n) is 7.79. The Morgan fingerprint density at radius 3 is 2.21 bits per heavy atom. The van der Waals surface area contributed by atoms with E-state index in [4.69, 9.17) is 14.2 Å². The average Bonchev–Trinajstić information content (AvgIpc) is 2.88. The molecule has 0 spiro atoms. The van der Waals surface area contributed by atoms with Gasteiger partial charge in [-0.1, -0.05) is 24.6 Å². The smallest absolute Gasteiger partial charge is 0.328 e. The van der Waals surface area contributed by atoms with Gasteiger partial charge in [-0.15, -0.1) is 0 Å². The molecular formula is C24H28N4O5S. The van der Waals surface area contributed by atoms with Crippen LogP contribution >= 0.6 is 0 Å². The molecule has 1 saturated heterocycles. The Morgan fingerprint density at radius 2 is 1.56 bits per heavy atom.